The van der Waals surface area contributed by atoms with E-state index >= 15 is 0 Å². The lowest BCUT2D eigenvalue weighted by molar-refractivity contribution is -0.114. The molecule has 0 saturated carbocycles. The average Bonchev–Trinajstić information content (AvgIpc) is 1.68. The highest BCUT2D eigenvalue weighted by atomic mass is 16.1. The zero-order chi connectivity index (χ0) is 5.70. The third-order valence-corrected chi connectivity index (χ3v) is 0.535. The van der Waals surface area contributed by atoms with Gasteiger partial charge in [-0.3, -0.25) is 4.79 Å². The highest BCUT2D eigenvalue weighted by Gasteiger charge is 1.90. The van der Waals surface area contributed by atoms with Gasteiger partial charge in [0, 0.05) is 0 Å². The van der Waals surface area contributed by atoms with E-state index in [9.17, 15) is 9.59 Å². The number of nitrogens with one attached hydrogen (secondary N) is 1. The van der Waals surface area contributed by atoms with Crippen molar-refractivity contribution in [2.45, 2.75) is 13.0 Å². The zero-order valence-electron chi connectivity index (χ0n) is 4.05. The molecule has 1 atom stereocenters. The molecule has 0 aliphatic heterocycles. The smallest absolute Gasteiger partial charge is 0.207 e. The number of aldehydes is 1. The van der Waals surface area contributed by atoms with Crippen LogP contribution in [0.4, 0.5) is 0 Å². The van der Waals surface area contributed by atoms with Crippen LogP contribution in [0.3, 0.4) is 0 Å². The Balaban J connectivity index is 3.15. The molecule has 1 unspecified atom stereocenters. The van der Waals surface area contributed by atoms with Gasteiger partial charge in [-0.1, -0.05) is 0 Å². The van der Waals surface area contributed by atoms with Crippen LogP contribution in [0.25, 0.3) is 0 Å². The van der Waals surface area contributed by atoms with Crippen LogP contribution in [0.2, 0.25) is 0 Å². The summed E-state index contributed by atoms with van der Waals surface area (Å²) in [6.07, 6.45) is 1.16. The second-order valence-corrected chi connectivity index (χ2v) is 1.21. The summed E-state index contributed by atoms with van der Waals surface area (Å²) in [7, 11) is 0. The van der Waals surface area contributed by atoms with E-state index in [-0.39, 0.29) is 6.04 Å². The zero-order valence-corrected chi connectivity index (χ0v) is 4.05. The molecule has 40 valence electrons. The highest BCUT2D eigenvalue weighted by Crippen LogP contribution is 1.65. The van der Waals surface area contributed by atoms with Crippen LogP contribution in [-0.2, 0) is 9.59 Å². The van der Waals surface area contributed by atoms with Crippen molar-refractivity contribution in [1.82, 2.24) is 5.32 Å². The van der Waals surface area contributed by atoms with Gasteiger partial charge in [-0.05, 0) is 6.92 Å². The third-order valence-electron chi connectivity index (χ3n) is 0.535. The highest BCUT2D eigenvalue weighted by molar-refractivity contribution is 5.62. The van der Waals surface area contributed by atoms with Crippen LogP contribution in [0.15, 0.2) is 0 Å². The molecule has 0 radical (unpaired) electrons. The van der Waals surface area contributed by atoms with Gasteiger partial charge in [-0.2, -0.15) is 0 Å². The van der Waals surface area contributed by atoms with Gasteiger partial charge in [0.05, 0.1) is 6.04 Å². The molecule has 0 spiro atoms. The molecule has 0 aliphatic carbocycles. The number of rotatable bonds is 3. The Bertz CT molecular complexity index is 72.1. The van der Waals surface area contributed by atoms with Crippen molar-refractivity contribution in [2.75, 3.05) is 0 Å². The molecular weight excluding hydrogens is 94.0 g/mol. The molecule has 3 nitrogen and oxygen atoms in total. The Kier molecular flexibility index (Phi) is 2.92. The average molecular weight is 101 g/mol. The molecule has 0 aromatic carbocycles. The van der Waals surface area contributed by atoms with Gasteiger partial charge in [0.2, 0.25) is 6.41 Å². The summed E-state index contributed by atoms with van der Waals surface area (Å²) in [5.74, 6) is 0. The van der Waals surface area contributed by atoms with E-state index in [1.165, 1.54) is 0 Å². The van der Waals surface area contributed by atoms with Crippen LogP contribution in [0, 0.1) is 0 Å². The number of carbonyl (C=O) groups excluding carboxylic acids is 2. The number of amides is 1. The van der Waals surface area contributed by atoms with Gasteiger partial charge >= 0.3 is 0 Å². The van der Waals surface area contributed by atoms with E-state index in [2.05, 4.69) is 5.32 Å². The summed E-state index contributed by atoms with van der Waals surface area (Å²) >= 11 is 0. The molecule has 0 aliphatic rings. The molecule has 0 heterocycles. The standard InChI is InChI=1S/C4H7NO2/c1-4(2-6)5-3-7/h2-4H,1H3,(H,5,7). The second-order valence-electron chi connectivity index (χ2n) is 1.21. The van der Waals surface area contributed by atoms with Crippen LogP contribution in [0.1, 0.15) is 6.92 Å². The molecule has 1 amide bonds. The first kappa shape index (κ1) is 6.14. The Hall–Kier alpha value is -0.860. The minimum absolute atomic E-state index is 0.350. The summed E-state index contributed by atoms with van der Waals surface area (Å²) in [5, 5.41) is 2.25. The largest absolute Gasteiger partial charge is 0.349 e. The Morgan fingerprint density at radius 3 is 2.29 bits per heavy atom. The fourth-order valence-corrected chi connectivity index (χ4v) is 0.147. The maximum absolute atomic E-state index is 9.67. The van der Waals surface area contributed by atoms with E-state index in [0.29, 0.717) is 12.7 Å². The normalized spacial score (nSPS) is 12.1. The first-order valence-electron chi connectivity index (χ1n) is 1.96. The molecule has 0 bridgehead atoms. The van der Waals surface area contributed by atoms with Gasteiger partial charge in [-0.25, -0.2) is 0 Å². The van der Waals surface area contributed by atoms with Crippen LogP contribution >= 0.6 is 0 Å². The maximum Gasteiger partial charge on any atom is 0.207 e. The van der Waals surface area contributed by atoms with E-state index in [4.69, 9.17) is 0 Å². The third kappa shape index (κ3) is 2.96. The Morgan fingerprint density at radius 1 is 1.57 bits per heavy atom. The van der Waals surface area contributed by atoms with Crippen molar-refractivity contribution in [3.8, 4) is 0 Å². The first-order chi connectivity index (χ1) is 3.31. The summed E-state index contributed by atoms with van der Waals surface area (Å²) in [6.45, 7) is 1.60. The molecule has 0 saturated heterocycles. The number of hydrogen-bond donors (Lipinski definition) is 1. The summed E-state index contributed by atoms with van der Waals surface area (Å²) in [4.78, 5) is 19.2. The van der Waals surface area contributed by atoms with Crippen molar-refractivity contribution in [1.29, 1.82) is 0 Å². The molecule has 0 aromatic heterocycles. The number of carbonyl (C=O) groups is 2. The molecule has 0 fully saturated rings. The topological polar surface area (TPSA) is 46.2 Å². The summed E-state index contributed by atoms with van der Waals surface area (Å²) < 4.78 is 0. The predicted octanol–water partition coefficient (Wildman–Crippen LogP) is -0.680. The van der Waals surface area contributed by atoms with Crippen molar-refractivity contribution >= 4 is 12.7 Å². The molecule has 0 aromatic rings. The van der Waals surface area contributed by atoms with Gasteiger partial charge in [0.1, 0.15) is 6.29 Å². The Morgan fingerprint density at radius 2 is 2.14 bits per heavy atom. The van der Waals surface area contributed by atoms with Gasteiger partial charge < -0.3 is 10.1 Å². The quantitative estimate of drug-likeness (QED) is 0.479. The van der Waals surface area contributed by atoms with Crippen LogP contribution in [0.5, 0.6) is 0 Å². The lowest BCUT2D eigenvalue weighted by atomic mass is 10.4. The second kappa shape index (κ2) is 3.33. The molecular formula is C4H7NO2. The first-order valence-corrected chi connectivity index (χ1v) is 1.96. The van der Waals surface area contributed by atoms with E-state index in [0.717, 1.165) is 0 Å². The minimum Gasteiger partial charge on any atom is -0.349 e. The van der Waals surface area contributed by atoms with Crippen LogP contribution < -0.4 is 5.32 Å². The van der Waals surface area contributed by atoms with Crippen molar-refractivity contribution in [2.24, 2.45) is 0 Å². The lowest BCUT2D eigenvalue weighted by Crippen LogP contribution is -2.24. The van der Waals surface area contributed by atoms with Crippen LogP contribution in [-0.4, -0.2) is 18.7 Å². The van der Waals surface area contributed by atoms with E-state index < -0.39 is 0 Å². The Labute approximate surface area is 41.7 Å². The SMILES string of the molecule is CC(C=O)NC=O. The van der Waals surface area contributed by atoms with E-state index in [1.54, 1.807) is 6.92 Å². The summed E-state index contributed by atoms with van der Waals surface area (Å²) in [6, 6.07) is -0.350. The fourth-order valence-electron chi connectivity index (χ4n) is 0.147. The van der Waals surface area contributed by atoms with Gasteiger partial charge in [0.25, 0.3) is 0 Å². The minimum atomic E-state index is -0.350. The molecule has 0 rings (SSSR count). The van der Waals surface area contributed by atoms with E-state index in [1.807, 2.05) is 0 Å². The molecule has 7 heavy (non-hydrogen) atoms. The lowest BCUT2D eigenvalue weighted by Gasteiger charge is -1.95. The fraction of sp³-hybridized carbons (Fsp3) is 0.500. The number of hydrogen-bond acceptors (Lipinski definition) is 2. The molecule has 1 N–H and O–H groups in total. The predicted molar refractivity (Wildman–Crippen MR) is 24.7 cm³/mol. The van der Waals surface area contributed by atoms with Crippen molar-refractivity contribution in [3.05, 3.63) is 0 Å². The molecule has 3 heteroatoms. The monoisotopic (exact) mass is 101 g/mol. The van der Waals surface area contributed by atoms with Crippen molar-refractivity contribution in [3.63, 3.8) is 0 Å². The van der Waals surface area contributed by atoms with Gasteiger partial charge in [0.15, 0.2) is 0 Å². The summed E-state index contributed by atoms with van der Waals surface area (Å²) in [5.41, 5.74) is 0. The maximum atomic E-state index is 9.67. The van der Waals surface area contributed by atoms with Crippen molar-refractivity contribution < 1.29 is 9.59 Å². The van der Waals surface area contributed by atoms with Gasteiger partial charge in [-0.15, -0.1) is 0 Å².